The Morgan fingerprint density at radius 3 is 2.38 bits per heavy atom. The van der Waals surface area contributed by atoms with E-state index in [9.17, 15) is 0 Å². The number of nitriles is 1. The molecule has 0 spiro atoms. The molecule has 3 rings (SSSR count). The van der Waals surface area contributed by atoms with Gasteiger partial charge in [-0.2, -0.15) is 10.2 Å². The summed E-state index contributed by atoms with van der Waals surface area (Å²) < 4.78 is 0. The largest absolute Gasteiger partial charge is 0.340 e. The Morgan fingerprint density at radius 1 is 0.962 bits per heavy atom. The van der Waals surface area contributed by atoms with Gasteiger partial charge in [-0.15, -0.1) is 0 Å². The van der Waals surface area contributed by atoms with Crippen LogP contribution in [0.1, 0.15) is 30.5 Å². The summed E-state index contributed by atoms with van der Waals surface area (Å²) in [5.74, 6) is 1.21. The van der Waals surface area contributed by atoms with Crippen LogP contribution in [0.4, 0.5) is 23.1 Å². The molecule has 130 valence electrons. The van der Waals surface area contributed by atoms with Gasteiger partial charge < -0.3 is 10.6 Å². The van der Waals surface area contributed by atoms with E-state index in [2.05, 4.69) is 58.7 Å². The number of hydrogen-bond acceptors (Lipinski definition) is 5. The summed E-state index contributed by atoms with van der Waals surface area (Å²) in [5, 5.41) is 15.6. The molecular weight excluding hydrogens is 322 g/mol. The number of anilines is 4. The van der Waals surface area contributed by atoms with Gasteiger partial charge in [0.1, 0.15) is 5.82 Å². The normalized spacial score (nSPS) is 10.2. The Labute approximate surface area is 153 Å². The minimum atomic E-state index is 0.483. The maximum absolute atomic E-state index is 9.02. The molecular formula is C21H21N5. The highest BCUT2D eigenvalue weighted by Gasteiger charge is 2.08. The first kappa shape index (κ1) is 17.4. The van der Waals surface area contributed by atoms with E-state index >= 15 is 0 Å². The summed E-state index contributed by atoms with van der Waals surface area (Å²) in [6.45, 7) is 4.30. The van der Waals surface area contributed by atoms with E-state index in [-0.39, 0.29) is 0 Å². The molecule has 0 amide bonds. The number of hydrogen-bond donors (Lipinski definition) is 2. The van der Waals surface area contributed by atoms with E-state index < -0.39 is 0 Å². The predicted molar refractivity (Wildman–Crippen MR) is 105 cm³/mol. The molecule has 2 N–H and O–H groups in total. The van der Waals surface area contributed by atoms with Crippen LogP contribution in [0.25, 0.3) is 0 Å². The average molecular weight is 343 g/mol. The molecule has 26 heavy (non-hydrogen) atoms. The summed E-state index contributed by atoms with van der Waals surface area (Å²) in [4.78, 5) is 8.83. The third-order valence-electron chi connectivity index (χ3n) is 4.16. The van der Waals surface area contributed by atoms with Crippen LogP contribution in [0.15, 0.2) is 54.7 Å². The van der Waals surface area contributed by atoms with Crippen molar-refractivity contribution in [2.24, 2.45) is 0 Å². The number of benzene rings is 2. The minimum Gasteiger partial charge on any atom is -0.340 e. The van der Waals surface area contributed by atoms with Gasteiger partial charge in [0.2, 0.25) is 5.95 Å². The summed E-state index contributed by atoms with van der Waals surface area (Å²) in [5.41, 5.74) is 5.02. The fraction of sp³-hybridized carbons (Fsp3) is 0.190. The van der Waals surface area contributed by atoms with Crippen molar-refractivity contribution in [3.8, 4) is 6.07 Å². The number of nitrogens with zero attached hydrogens (tertiary/aromatic N) is 3. The molecule has 5 nitrogen and oxygen atoms in total. The van der Waals surface area contributed by atoms with Crippen LogP contribution >= 0.6 is 0 Å². The van der Waals surface area contributed by atoms with Crippen LogP contribution in [0.3, 0.4) is 0 Å². The van der Waals surface area contributed by atoms with Gasteiger partial charge in [-0.1, -0.05) is 38.1 Å². The van der Waals surface area contributed by atoms with Gasteiger partial charge in [-0.25, -0.2) is 4.98 Å². The monoisotopic (exact) mass is 343 g/mol. The van der Waals surface area contributed by atoms with Crippen molar-refractivity contribution < 1.29 is 0 Å². The van der Waals surface area contributed by atoms with Gasteiger partial charge in [0.25, 0.3) is 0 Å². The molecule has 0 bridgehead atoms. The van der Waals surface area contributed by atoms with Crippen molar-refractivity contribution in [3.05, 3.63) is 71.4 Å². The second-order valence-electron chi connectivity index (χ2n) is 5.87. The Bertz CT molecular complexity index is 921. The zero-order valence-electron chi connectivity index (χ0n) is 15.0. The van der Waals surface area contributed by atoms with Crippen LogP contribution in [0.5, 0.6) is 0 Å². The number of rotatable bonds is 6. The predicted octanol–water partition coefficient (Wildman–Crippen LogP) is 4.96. The Morgan fingerprint density at radius 2 is 1.69 bits per heavy atom. The average Bonchev–Trinajstić information content (AvgIpc) is 2.68. The molecule has 5 heteroatoms. The van der Waals surface area contributed by atoms with Crippen molar-refractivity contribution in [1.29, 1.82) is 5.26 Å². The molecule has 0 atom stereocenters. The maximum atomic E-state index is 9.02. The van der Waals surface area contributed by atoms with Crippen LogP contribution in [0, 0.1) is 11.3 Å². The lowest BCUT2D eigenvalue weighted by molar-refractivity contribution is 1.08. The highest BCUT2D eigenvalue weighted by molar-refractivity contribution is 5.66. The van der Waals surface area contributed by atoms with Crippen molar-refractivity contribution in [2.75, 3.05) is 10.6 Å². The molecule has 0 aliphatic heterocycles. The van der Waals surface area contributed by atoms with Crippen molar-refractivity contribution in [1.82, 2.24) is 9.97 Å². The number of aromatic nitrogens is 2. The van der Waals surface area contributed by atoms with Gasteiger partial charge >= 0.3 is 0 Å². The lowest BCUT2D eigenvalue weighted by Gasteiger charge is -2.15. The molecule has 0 saturated carbocycles. The fourth-order valence-corrected chi connectivity index (χ4v) is 2.82. The molecule has 1 aromatic heterocycles. The molecule has 0 saturated heterocycles. The van der Waals surface area contributed by atoms with Crippen molar-refractivity contribution >= 4 is 23.1 Å². The fourth-order valence-electron chi connectivity index (χ4n) is 2.82. The van der Waals surface area contributed by atoms with E-state index in [0.29, 0.717) is 11.5 Å². The van der Waals surface area contributed by atoms with E-state index in [1.54, 1.807) is 18.3 Å². The lowest BCUT2D eigenvalue weighted by atomic mass is 10.0. The zero-order valence-corrected chi connectivity index (χ0v) is 15.0. The van der Waals surface area contributed by atoms with E-state index in [4.69, 9.17) is 5.26 Å². The van der Waals surface area contributed by atoms with Crippen LogP contribution in [-0.4, -0.2) is 9.97 Å². The van der Waals surface area contributed by atoms with E-state index in [1.807, 2.05) is 18.2 Å². The second-order valence-corrected chi connectivity index (χ2v) is 5.87. The van der Waals surface area contributed by atoms with Crippen LogP contribution in [-0.2, 0) is 12.8 Å². The number of nitrogens with one attached hydrogen (secondary N) is 2. The summed E-state index contributed by atoms with van der Waals surface area (Å²) >= 11 is 0. The standard InChI is InChI=1S/C21H21N5/c1-3-16-8-6-9-17(4-2)20(16)25-19-11-12-23-21(26-19)24-18-10-5-7-15(13-18)14-22/h5-13H,3-4H2,1-2H3,(H2,23,24,25,26). The summed E-state index contributed by atoms with van der Waals surface area (Å²) in [6, 6.07) is 17.6. The van der Waals surface area contributed by atoms with Crippen LogP contribution in [0.2, 0.25) is 0 Å². The third-order valence-corrected chi connectivity index (χ3v) is 4.16. The molecule has 0 unspecified atom stereocenters. The molecule has 0 aliphatic rings. The Hall–Kier alpha value is -3.39. The molecule has 3 aromatic rings. The lowest BCUT2D eigenvalue weighted by Crippen LogP contribution is -2.04. The third kappa shape index (κ3) is 3.98. The smallest absolute Gasteiger partial charge is 0.229 e. The molecule has 2 aromatic carbocycles. The first-order valence-electron chi connectivity index (χ1n) is 8.71. The topological polar surface area (TPSA) is 73.6 Å². The zero-order chi connectivity index (χ0) is 18.4. The summed E-state index contributed by atoms with van der Waals surface area (Å²) in [6.07, 6.45) is 3.62. The molecule has 0 radical (unpaired) electrons. The second kappa shape index (κ2) is 8.13. The highest BCUT2D eigenvalue weighted by Crippen LogP contribution is 2.26. The van der Waals surface area contributed by atoms with E-state index in [0.717, 1.165) is 30.0 Å². The number of para-hydroxylation sites is 1. The minimum absolute atomic E-state index is 0.483. The van der Waals surface area contributed by atoms with Gasteiger partial charge in [-0.05, 0) is 48.2 Å². The first-order chi connectivity index (χ1) is 12.7. The Balaban J connectivity index is 1.85. The summed E-state index contributed by atoms with van der Waals surface area (Å²) in [7, 11) is 0. The van der Waals surface area contributed by atoms with E-state index in [1.165, 1.54) is 11.1 Å². The SMILES string of the molecule is CCc1cccc(CC)c1Nc1ccnc(Nc2cccc(C#N)c2)n1. The van der Waals surface area contributed by atoms with Crippen molar-refractivity contribution in [3.63, 3.8) is 0 Å². The van der Waals surface area contributed by atoms with Gasteiger partial charge in [-0.3, -0.25) is 0 Å². The van der Waals surface area contributed by atoms with Gasteiger partial charge in [0, 0.05) is 17.6 Å². The first-order valence-corrected chi connectivity index (χ1v) is 8.71. The maximum Gasteiger partial charge on any atom is 0.229 e. The molecule has 0 aliphatic carbocycles. The molecule has 1 heterocycles. The molecule has 0 fully saturated rings. The Kier molecular flexibility index (Phi) is 5.45. The highest BCUT2D eigenvalue weighted by atomic mass is 15.1. The number of aryl methyl sites for hydroxylation is 2. The van der Waals surface area contributed by atoms with Crippen LogP contribution < -0.4 is 10.6 Å². The van der Waals surface area contributed by atoms with Gasteiger partial charge in [0.05, 0.1) is 11.6 Å². The quantitative estimate of drug-likeness (QED) is 0.662. The van der Waals surface area contributed by atoms with Gasteiger partial charge in [0.15, 0.2) is 0 Å². The van der Waals surface area contributed by atoms with Crippen molar-refractivity contribution in [2.45, 2.75) is 26.7 Å².